The van der Waals surface area contributed by atoms with Crippen LogP contribution in [0.1, 0.15) is 0 Å². The van der Waals surface area contributed by atoms with Crippen molar-refractivity contribution in [2.75, 3.05) is 4.90 Å². The molecule has 0 saturated carbocycles. The highest BCUT2D eigenvalue weighted by molar-refractivity contribution is 6.19. The lowest BCUT2D eigenvalue weighted by molar-refractivity contribution is 0.670. The van der Waals surface area contributed by atoms with Crippen molar-refractivity contribution in [1.29, 1.82) is 0 Å². The molecule has 0 N–H and O–H groups in total. The van der Waals surface area contributed by atoms with Crippen LogP contribution < -0.4 is 4.90 Å². The van der Waals surface area contributed by atoms with Gasteiger partial charge in [-0.3, -0.25) is 0 Å². The van der Waals surface area contributed by atoms with Gasteiger partial charge >= 0.3 is 0 Å². The van der Waals surface area contributed by atoms with Crippen molar-refractivity contribution < 1.29 is 4.42 Å². The molecule has 3 nitrogen and oxygen atoms in total. The molecule has 59 heavy (non-hydrogen) atoms. The first-order valence-electron chi connectivity index (χ1n) is 20.2. The summed E-state index contributed by atoms with van der Waals surface area (Å²) in [7, 11) is 0. The molecule has 10 aromatic carbocycles. The topological polar surface area (TPSA) is 21.3 Å². The fraction of sp³-hybridized carbons (Fsp3) is 0. The van der Waals surface area contributed by atoms with Crippen molar-refractivity contribution >= 4 is 82.4 Å². The molecule has 0 bridgehead atoms. The number of fused-ring (bicyclic) bond motifs is 9. The molecular weight excluding hydrogens is 717 g/mol. The number of hydrogen-bond donors (Lipinski definition) is 0. The maximum Gasteiger partial charge on any atom is 0.159 e. The van der Waals surface area contributed by atoms with Gasteiger partial charge < -0.3 is 13.9 Å². The second-order valence-corrected chi connectivity index (χ2v) is 15.3. The highest BCUT2D eigenvalue weighted by Crippen LogP contribution is 2.45. The Morgan fingerprint density at radius 3 is 1.81 bits per heavy atom. The smallest absolute Gasteiger partial charge is 0.159 e. The van der Waals surface area contributed by atoms with E-state index in [0.29, 0.717) is 0 Å². The van der Waals surface area contributed by atoms with Crippen LogP contribution in [0.3, 0.4) is 0 Å². The summed E-state index contributed by atoms with van der Waals surface area (Å²) in [5, 5.41) is 9.57. The number of nitrogens with zero attached hydrogens (tertiary/aromatic N) is 2. The minimum absolute atomic E-state index is 0.856. The molecule has 0 unspecified atom stereocenters. The standard InChI is InChI=1S/C56H36N2O/c1-3-14-39(15-4-1)47-21-11-22-50-51-23-12-24-52(56(51)59-55(47)50)57(45-32-27-37-13-7-8-17-41(37)35-45)44-30-25-38(26-31-44)42-29-33-48-49-34-28-40-16-9-10-20-46(40)54(49)58(53(48)36-42)43-18-5-2-6-19-43/h1-36H. The summed E-state index contributed by atoms with van der Waals surface area (Å²) in [4.78, 5) is 2.34. The first-order valence-corrected chi connectivity index (χ1v) is 20.2. The molecule has 12 rings (SSSR count). The zero-order valence-electron chi connectivity index (χ0n) is 32.1. The van der Waals surface area contributed by atoms with Crippen molar-refractivity contribution in [2.24, 2.45) is 0 Å². The van der Waals surface area contributed by atoms with Gasteiger partial charge in [-0.1, -0.05) is 170 Å². The molecule has 3 heteroatoms. The van der Waals surface area contributed by atoms with Gasteiger partial charge in [-0.05, 0) is 81.4 Å². The van der Waals surface area contributed by atoms with E-state index >= 15 is 0 Å². The number of para-hydroxylation sites is 3. The van der Waals surface area contributed by atoms with Crippen molar-refractivity contribution in [3.05, 3.63) is 218 Å². The second kappa shape index (κ2) is 13.4. The van der Waals surface area contributed by atoms with Gasteiger partial charge in [0.1, 0.15) is 5.58 Å². The van der Waals surface area contributed by atoms with Gasteiger partial charge in [0.05, 0.1) is 16.7 Å². The first kappa shape index (κ1) is 33.3. The molecule has 0 aliphatic heterocycles. The van der Waals surface area contributed by atoms with Crippen LogP contribution in [-0.4, -0.2) is 4.57 Å². The van der Waals surface area contributed by atoms with E-state index in [4.69, 9.17) is 4.42 Å². The fourth-order valence-electron chi connectivity index (χ4n) is 9.18. The van der Waals surface area contributed by atoms with Crippen LogP contribution in [0.4, 0.5) is 17.1 Å². The van der Waals surface area contributed by atoms with Crippen molar-refractivity contribution in [1.82, 2.24) is 4.57 Å². The zero-order valence-corrected chi connectivity index (χ0v) is 32.1. The summed E-state index contributed by atoms with van der Waals surface area (Å²) in [5.41, 5.74) is 13.0. The summed E-state index contributed by atoms with van der Waals surface area (Å²) in [5.74, 6) is 0. The van der Waals surface area contributed by atoms with Crippen LogP contribution in [0.2, 0.25) is 0 Å². The summed E-state index contributed by atoms with van der Waals surface area (Å²) >= 11 is 0. The van der Waals surface area contributed by atoms with Gasteiger partial charge in [0, 0.05) is 49.6 Å². The summed E-state index contributed by atoms with van der Waals surface area (Å²) < 4.78 is 9.40. The Morgan fingerprint density at radius 1 is 0.356 bits per heavy atom. The Kier molecular flexibility index (Phi) is 7.54. The minimum Gasteiger partial charge on any atom is -0.453 e. The lowest BCUT2D eigenvalue weighted by Crippen LogP contribution is -2.10. The Hall–Kier alpha value is -7.88. The predicted octanol–water partition coefficient (Wildman–Crippen LogP) is 15.8. The van der Waals surface area contributed by atoms with Crippen LogP contribution in [0.5, 0.6) is 0 Å². The van der Waals surface area contributed by atoms with Gasteiger partial charge in [0.15, 0.2) is 5.58 Å². The van der Waals surface area contributed by atoms with Crippen LogP contribution >= 0.6 is 0 Å². The Morgan fingerprint density at radius 2 is 0.983 bits per heavy atom. The zero-order chi connectivity index (χ0) is 38.9. The van der Waals surface area contributed by atoms with Gasteiger partial charge in [-0.15, -0.1) is 0 Å². The number of rotatable bonds is 6. The Labute approximate surface area is 341 Å². The molecule has 276 valence electrons. The SMILES string of the molecule is c1ccc(-c2cccc3c2oc2c(N(c4ccc(-c5ccc6c7ccc8ccccc8c7n(-c7ccccc7)c6c5)cc4)c4ccc5ccccc5c4)cccc23)cc1. The monoisotopic (exact) mass is 752 g/mol. The average molecular weight is 753 g/mol. The van der Waals surface area contributed by atoms with Gasteiger partial charge in [-0.25, -0.2) is 0 Å². The highest BCUT2D eigenvalue weighted by atomic mass is 16.3. The Balaban J connectivity index is 1.03. The molecule has 0 radical (unpaired) electrons. The van der Waals surface area contributed by atoms with Crippen LogP contribution in [-0.2, 0) is 0 Å². The van der Waals surface area contributed by atoms with E-state index in [-0.39, 0.29) is 0 Å². The highest BCUT2D eigenvalue weighted by Gasteiger charge is 2.22. The second-order valence-electron chi connectivity index (χ2n) is 15.3. The fourth-order valence-corrected chi connectivity index (χ4v) is 9.18. The number of hydrogen-bond acceptors (Lipinski definition) is 2. The van der Waals surface area contributed by atoms with Gasteiger partial charge in [0.2, 0.25) is 0 Å². The molecular formula is C56H36N2O. The third kappa shape index (κ3) is 5.36. The normalized spacial score (nSPS) is 11.7. The number of furan rings is 1. The lowest BCUT2D eigenvalue weighted by Gasteiger charge is -2.26. The van der Waals surface area contributed by atoms with Gasteiger partial charge in [-0.2, -0.15) is 0 Å². The molecule has 0 fully saturated rings. The predicted molar refractivity (Wildman–Crippen MR) is 249 cm³/mol. The van der Waals surface area contributed by atoms with E-state index in [0.717, 1.165) is 61.4 Å². The first-order chi connectivity index (χ1) is 29.3. The number of aromatic nitrogens is 1. The molecule has 12 aromatic rings. The number of benzene rings is 10. The van der Waals surface area contributed by atoms with E-state index in [1.54, 1.807) is 0 Å². The summed E-state index contributed by atoms with van der Waals surface area (Å²) in [6.45, 7) is 0. The third-order valence-electron chi connectivity index (χ3n) is 11.9. The summed E-state index contributed by atoms with van der Waals surface area (Å²) in [6.07, 6.45) is 0. The summed E-state index contributed by atoms with van der Waals surface area (Å²) in [6, 6.07) is 78.6. The molecule has 0 spiro atoms. The van der Waals surface area contributed by atoms with E-state index in [2.05, 4.69) is 228 Å². The van der Waals surface area contributed by atoms with E-state index in [9.17, 15) is 0 Å². The molecule has 0 amide bonds. The van der Waals surface area contributed by atoms with Crippen molar-refractivity contribution in [3.8, 4) is 27.9 Å². The quantitative estimate of drug-likeness (QED) is 0.169. The van der Waals surface area contributed by atoms with E-state index in [1.807, 2.05) is 0 Å². The maximum atomic E-state index is 6.97. The molecule has 0 atom stereocenters. The van der Waals surface area contributed by atoms with E-state index < -0.39 is 0 Å². The molecule has 0 aliphatic rings. The molecule has 0 aliphatic carbocycles. The minimum atomic E-state index is 0.856. The average Bonchev–Trinajstić information content (AvgIpc) is 3.86. The van der Waals surface area contributed by atoms with Gasteiger partial charge in [0.25, 0.3) is 0 Å². The van der Waals surface area contributed by atoms with Crippen molar-refractivity contribution in [3.63, 3.8) is 0 Å². The lowest BCUT2D eigenvalue weighted by atomic mass is 10.0. The Bertz CT molecular complexity index is 3540. The third-order valence-corrected chi connectivity index (χ3v) is 11.9. The molecule has 0 saturated heterocycles. The number of anilines is 3. The molecule has 2 aromatic heterocycles. The van der Waals surface area contributed by atoms with E-state index in [1.165, 1.54) is 48.9 Å². The van der Waals surface area contributed by atoms with Crippen LogP contribution in [0.25, 0.3) is 93.2 Å². The van der Waals surface area contributed by atoms with Crippen molar-refractivity contribution in [2.45, 2.75) is 0 Å². The largest absolute Gasteiger partial charge is 0.453 e. The molecule has 2 heterocycles. The maximum absolute atomic E-state index is 6.97. The van der Waals surface area contributed by atoms with Crippen LogP contribution in [0.15, 0.2) is 223 Å². The van der Waals surface area contributed by atoms with Crippen LogP contribution in [0, 0.1) is 0 Å².